The Bertz CT molecular complexity index is 462. The summed E-state index contributed by atoms with van der Waals surface area (Å²) in [5.74, 6) is 0. The lowest BCUT2D eigenvalue weighted by Gasteiger charge is -2.18. The van der Waals surface area contributed by atoms with Gasteiger partial charge in [0.15, 0.2) is 0 Å². The van der Waals surface area contributed by atoms with Crippen molar-refractivity contribution in [3.8, 4) is 6.07 Å². The number of nitrogens with zero attached hydrogens (tertiary/aromatic N) is 3. The molecule has 2 heterocycles. The van der Waals surface area contributed by atoms with Crippen LogP contribution in [0.2, 0.25) is 0 Å². The van der Waals surface area contributed by atoms with Crippen LogP contribution in [0.1, 0.15) is 11.3 Å². The normalized spacial score (nSPS) is 19.0. The van der Waals surface area contributed by atoms with Crippen LogP contribution < -0.4 is 10.7 Å². The van der Waals surface area contributed by atoms with Gasteiger partial charge in [-0.25, -0.2) is 5.43 Å². The van der Waals surface area contributed by atoms with Gasteiger partial charge in [0.1, 0.15) is 12.2 Å². The second-order valence-electron chi connectivity index (χ2n) is 3.64. The molecule has 1 aromatic rings. The van der Waals surface area contributed by atoms with Gasteiger partial charge in [-0.15, -0.1) is 0 Å². The van der Waals surface area contributed by atoms with Crippen molar-refractivity contribution in [1.29, 1.82) is 5.26 Å². The van der Waals surface area contributed by atoms with E-state index in [1.54, 1.807) is 12.3 Å². The minimum absolute atomic E-state index is 0.105. The first kappa shape index (κ1) is 12.0. The van der Waals surface area contributed by atoms with Gasteiger partial charge in [-0.1, -0.05) is 15.9 Å². The summed E-state index contributed by atoms with van der Waals surface area (Å²) >= 11 is 3.47. The van der Waals surface area contributed by atoms with Crippen molar-refractivity contribution in [2.45, 2.75) is 12.7 Å². The van der Waals surface area contributed by atoms with Crippen LogP contribution in [0.15, 0.2) is 29.0 Å². The number of nitriles is 1. The Labute approximate surface area is 108 Å². The molecule has 5 nitrogen and oxygen atoms in total. The molecule has 0 aromatic carbocycles. The number of hydrogen-bond acceptors (Lipinski definition) is 5. The molecule has 0 saturated heterocycles. The molecule has 2 rings (SSSR count). The highest BCUT2D eigenvalue weighted by Crippen LogP contribution is 2.17. The van der Waals surface area contributed by atoms with Gasteiger partial charge in [0.2, 0.25) is 0 Å². The van der Waals surface area contributed by atoms with Crippen molar-refractivity contribution in [3.63, 3.8) is 0 Å². The van der Waals surface area contributed by atoms with Crippen molar-refractivity contribution in [1.82, 2.24) is 20.7 Å². The molecule has 0 radical (unpaired) electrons. The van der Waals surface area contributed by atoms with Gasteiger partial charge >= 0.3 is 0 Å². The number of likely N-dealkylation sites (N-methyl/N-ethyl adjacent to an activating group) is 1. The first-order valence-electron chi connectivity index (χ1n) is 5.15. The number of halogens is 1. The van der Waals surface area contributed by atoms with E-state index in [0.717, 1.165) is 10.2 Å². The van der Waals surface area contributed by atoms with E-state index in [1.165, 1.54) is 0 Å². The van der Waals surface area contributed by atoms with Crippen LogP contribution in [0.4, 0.5) is 0 Å². The molecule has 0 fully saturated rings. The largest absolute Gasteiger partial charge is 0.307 e. The molecule has 0 bridgehead atoms. The van der Waals surface area contributed by atoms with Gasteiger partial charge in [0.25, 0.3) is 0 Å². The maximum Gasteiger partial charge on any atom is 0.109 e. The molecule has 0 saturated carbocycles. The summed E-state index contributed by atoms with van der Waals surface area (Å²) in [6, 6.07) is 5.68. The van der Waals surface area contributed by atoms with Gasteiger partial charge < -0.3 is 5.01 Å². The van der Waals surface area contributed by atoms with E-state index in [4.69, 9.17) is 5.26 Å². The van der Waals surface area contributed by atoms with Crippen LogP contribution in [0.3, 0.4) is 0 Å². The van der Waals surface area contributed by atoms with Crippen LogP contribution >= 0.6 is 15.9 Å². The Morgan fingerprint density at radius 3 is 3.00 bits per heavy atom. The van der Waals surface area contributed by atoms with Crippen LogP contribution in [0.5, 0.6) is 0 Å². The third-order valence-corrected chi connectivity index (χ3v) is 3.09. The standard InChI is InChI=1S/C11H12BrN5/c1-14-11-10(12)7-17(16-11)6-9-3-2-8(4-13)5-15-9/h2-3,5,7,11,14,16H,6H2,1H3. The smallest absolute Gasteiger partial charge is 0.109 e. The maximum atomic E-state index is 8.68. The molecule has 0 aliphatic carbocycles. The minimum Gasteiger partial charge on any atom is -0.307 e. The van der Waals surface area contributed by atoms with Crippen LogP contribution in [0, 0.1) is 11.3 Å². The van der Waals surface area contributed by atoms with Crippen LogP contribution in [-0.2, 0) is 6.54 Å². The fourth-order valence-corrected chi connectivity index (χ4v) is 2.12. The lowest BCUT2D eigenvalue weighted by atomic mass is 10.2. The van der Waals surface area contributed by atoms with Gasteiger partial charge in [-0.2, -0.15) is 5.26 Å². The Morgan fingerprint density at radius 1 is 1.65 bits per heavy atom. The van der Waals surface area contributed by atoms with Crippen molar-refractivity contribution >= 4 is 15.9 Å². The van der Waals surface area contributed by atoms with E-state index in [2.05, 4.69) is 31.7 Å². The second-order valence-corrected chi connectivity index (χ2v) is 4.56. The van der Waals surface area contributed by atoms with E-state index < -0.39 is 0 Å². The highest BCUT2D eigenvalue weighted by atomic mass is 79.9. The number of rotatable bonds is 3. The zero-order valence-electron chi connectivity index (χ0n) is 9.31. The van der Waals surface area contributed by atoms with Gasteiger partial charge in [-0.3, -0.25) is 10.3 Å². The highest BCUT2D eigenvalue weighted by molar-refractivity contribution is 9.11. The fourth-order valence-electron chi connectivity index (χ4n) is 1.54. The van der Waals surface area contributed by atoms with Gasteiger partial charge in [0.05, 0.1) is 17.8 Å². The zero-order valence-corrected chi connectivity index (χ0v) is 10.9. The summed E-state index contributed by atoms with van der Waals surface area (Å²) < 4.78 is 1.05. The second kappa shape index (κ2) is 5.27. The number of pyridine rings is 1. The predicted molar refractivity (Wildman–Crippen MR) is 67.5 cm³/mol. The molecule has 2 N–H and O–H groups in total. The number of hydrazine groups is 1. The molecule has 0 amide bonds. The first-order chi connectivity index (χ1) is 8.22. The maximum absolute atomic E-state index is 8.68. The van der Waals surface area contributed by atoms with E-state index in [-0.39, 0.29) is 6.17 Å². The monoisotopic (exact) mass is 293 g/mol. The summed E-state index contributed by atoms with van der Waals surface area (Å²) in [4.78, 5) is 4.22. The lowest BCUT2D eigenvalue weighted by Crippen LogP contribution is -2.42. The minimum atomic E-state index is 0.105. The molecule has 1 aromatic heterocycles. The van der Waals surface area contributed by atoms with E-state index in [0.29, 0.717) is 12.1 Å². The third-order valence-electron chi connectivity index (χ3n) is 2.42. The van der Waals surface area contributed by atoms with Crippen molar-refractivity contribution < 1.29 is 0 Å². The number of aromatic nitrogens is 1. The molecular weight excluding hydrogens is 282 g/mol. The summed E-state index contributed by atoms with van der Waals surface area (Å²) in [6.07, 6.45) is 3.66. The topological polar surface area (TPSA) is 64.0 Å². The lowest BCUT2D eigenvalue weighted by molar-refractivity contribution is 0.252. The molecule has 1 aliphatic heterocycles. The SMILES string of the molecule is CNC1NN(Cc2ccc(C#N)cn2)C=C1Br. The average molecular weight is 294 g/mol. The molecule has 17 heavy (non-hydrogen) atoms. The Hall–Kier alpha value is -1.42. The van der Waals surface area contributed by atoms with Crippen LogP contribution in [0.25, 0.3) is 0 Å². The third kappa shape index (κ3) is 2.82. The molecule has 1 unspecified atom stereocenters. The van der Waals surface area contributed by atoms with Crippen molar-refractivity contribution in [2.75, 3.05) is 7.05 Å². The molecular formula is C11H12BrN5. The zero-order chi connectivity index (χ0) is 12.3. The average Bonchev–Trinajstić information content (AvgIpc) is 2.70. The van der Waals surface area contributed by atoms with Crippen LogP contribution in [-0.4, -0.2) is 23.2 Å². The van der Waals surface area contributed by atoms with E-state index in [1.807, 2.05) is 30.4 Å². The molecule has 0 spiro atoms. The quantitative estimate of drug-likeness (QED) is 0.872. The Morgan fingerprint density at radius 2 is 2.47 bits per heavy atom. The predicted octanol–water partition coefficient (Wildman–Crippen LogP) is 1.06. The number of nitrogens with one attached hydrogen (secondary N) is 2. The Kier molecular flexibility index (Phi) is 3.74. The molecule has 1 atom stereocenters. The Balaban J connectivity index is 2.01. The summed E-state index contributed by atoms with van der Waals surface area (Å²) in [5.41, 5.74) is 4.73. The van der Waals surface area contributed by atoms with Gasteiger partial charge in [0, 0.05) is 16.9 Å². The van der Waals surface area contributed by atoms with E-state index >= 15 is 0 Å². The van der Waals surface area contributed by atoms with Crippen molar-refractivity contribution in [3.05, 3.63) is 40.3 Å². The van der Waals surface area contributed by atoms with E-state index in [9.17, 15) is 0 Å². The first-order valence-corrected chi connectivity index (χ1v) is 5.94. The summed E-state index contributed by atoms with van der Waals surface area (Å²) in [6.45, 7) is 0.652. The molecule has 6 heteroatoms. The summed E-state index contributed by atoms with van der Waals surface area (Å²) in [5, 5.41) is 13.7. The van der Waals surface area contributed by atoms with Gasteiger partial charge in [-0.05, 0) is 19.2 Å². The fraction of sp³-hybridized carbons (Fsp3) is 0.273. The summed E-state index contributed by atoms with van der Waals surface area (Å²) in [7, 11) is 1.89. The number of hydrogen-bond donors (Lipinski definition) is 2. The highest BCUT2D eigenvalue weighted by Gasteiger charge is 2.20. The molecule has 1 aliphatic rings. The van der Waals surface area contributed by atoms with Crippen molar-refractivity contribution in [2.24, 2.45) is 0 Å². The molecule has 88 valence electrons.